The molecule has 0 amide bonds. The van der Waals surface area contributed by atoms with Gasteiger partial charge in [0.1, 0.15) is 11.6 Å². The van der Waals surface area contributed by atoms with Crippen LogP contribution >= 0.6 is 0 Å². The summed E-state index contributed by atoms with van der Waals surface area (Å²) in [6, 6.07) is 10.6. The molecule has 27 heavy (non-hydrogen) atoms. The molecule has 2 aromatic carbocycles. The molecule has 2 aromatic rings. The number of esters is 1. The van der Waals surface area contributed by atoms with Crippen LogP contribution in [0.5, 0.6) is 0 Å². The number of hydrogen-bond donors (Lipinski definition) is 1. The highest BCUT2D eigenvalue weighted by Gasteiger charge is 2.47. The van der Waals surface area contributed by atoms with E-state index >= 15 is 0 Å². The topological polar surface area (TPSA) is 55.8 Å². The highest BCUT2D eigenvalue weighted by molar-refractivity contribution is 5.77. The molecule has 0 aliphatic carbocycles. The maximum atomic E-state index is 13.5. The lowest BCUT2D eigenvalue weighted by atomic mass is 9.81. The molecule has 0 saturated heterocycles. The molecule has 0 aliphatic heterocycles. The number of carbonyl (C=O) groups is 1. The summed E-state index contributed by atoms with van der Waals surface area (Å²) in [4.78, 5) is 12.2. The first-order chi connectivity index (χ1) is 13.0. The zero-order valence-electron chi connectivity index (χ0n) is 15.5. The number of halogens is 2. The van der Waals surface area contributed by atoms with E-state index in [2.05, 4.69) is 0 Å². The lowest BCUT2D eigenvalue weighted by Crippen LogP contribution is -2.48. The first-order valence-corrected chi connectivity index (χ1v) is 8.87. The highest BCUT2D eigenvalue weighted by Crippen LogP contribution is 2.38. The zero-order valence-corrected chi connectivity index (χ0v) is 15.5. The summed E-state index contributed by atoms with van der Waals surface area (Å²) in [5.74, 6) is -1.84. The van der Waals surface area contributed by atoms with E-state index in [1.165, 1.54) is 48.5 Å². The SMILES string of the molecule is CCCCCOC(c1ccc(F)cc1)(c1ccc(F)cc1)[C@H](O)C(=O)OC. The van der Waals surface area contributed by atoms with Crippen molar-refractivity contribution < 1.29 is 28.2 Å². The van der Waals surface area contributed by atoms with Crippen molar-refractivity contribution in [1.82, 2.24) is 0 Å². The quantitative estimate of drug-likeness (QED) is 0.530. The molecule has 0 radical (unpaired) electrons. The average Bonchev–Trinajstić information content (AvgIpc) is 2.69. The fourth-order valence-corrected chi connectivity index (χ4v) is 2.99. The van der Waals surface area contributed by atoms with Crippen molar-refractivity contribution in [2.24, 2.45) is 0 Å². The maximum Gasteiger partial charge on any atom is 0.338 e. The van der Waals surface area contributed by atoms with Gasteiger partial charge in [-0.15, -0.1) is 0 Å². The molecule has 1 atom stereocenters. The van der Waals surface area contributed by atoms with Gasteiger partial charge in [-0.1, -0.05) is 44.0 Å². The molecule has 6 heteroatoms. The molecule has 0 saturated carbocycles. The Morgan fingerprint density at radius 2 is 1.48 bits per heavy atom. The molecular formula is C21H24F2O4. The number of ether oxygens (including phenoxy) is 2. The van der Waals surface area contributed by atoms with Crippen LogP contribution in [0.1, 0.15) is 37.3 Å². The Morgan fingerprint density at radius 1 is 1.00 bits per heavy atom. The lowest BCUT2D eigenvalue weighted by Gasteiger charge is -2.37. The summed E-state index contributed by atoms with van der Waals surface area (Å²) >= 11 is 0. The number of aliphatic hydroxyl groups is 1. The van der Waals surface area contributed by atoms with Crippen LogP contribution in [0.2, 0.25) is 0 Å². The summed E-state index contributed by atoms with van der Waals surface area (Å²) in [5.41, 5.74) is -0.919. The summed E-state index contributed by atoms with van der Waals surface area (Å²) in [5, 5.41) is 10.8. The zero-order chi connectivity index (χ0) is 19.9. The molecule has 2 rings (SSSR count). The van der Waals surface area contributed by atoms with E-state index in [1.54, 1.807) is 0 Å². The van der Waals surface area contributed by atoms with Gasteiger partial charge >= 0.3 is 5.97 Å². The summed E-state index contributed by atoms with van der Waals surface area (Å²) in [7, 11) is 1.16. The second kappa shape index (κ2) is 9.58. The largest absolute Gasteiger partial charge is 0.467 e. The Hall–Kier alpha value is -2.31. The van der Waals surface area contributed by atoms with Gasteiger partial charge in [-0.3, -0.25) is 0 Å². The number of benzene rings is 2. The molecule has 0 unspecified atom stereocenters. The second-order valence-corrected chi connectivity index (χ2v) is 6.23. The number of methoxy groups -OCH3 is 1. The summed E-state index contributed by atoms with van der Waals surface area (Å²) < 4.78 is 37.7. The standard InChI is InChI=1S/C21H24F2O4/c1-3-4-5-14-27-21(19(24)20(25)26-2,15-6-10-17(22)11-7-15)16-8-12-18(23)13-9-16/h6-13,19,24H,3-5,14H2,1-2H3/t19-/m1/s1. The highest BCUT2D eigenvalue weighted by atomic mass is 19.1. The van der Waals surface area contributed by atoms with Crippen molar-refractivity contribution >= 4 is 5.97 Å². The minimum absolute atomic E-state index is 0.247. The molecule has 146 valence electrons. The van der Waals surface area contributed by atoms with Crippen LogP contribution in [-0.2, 0) is 19.9 Å². The van der Waals surface area contributed by atoms with Crippen molar-refractivity contribution in [2.45, 2.75) is 37.9 Å². The molecular weight excluding hydrogens is 354 g/mol. The third-order valence-corrected chi connectivity index (χ3v) is 4.43. The van der Waals surface area contributed by atoms with Gasteiger partial charge in [0.15, 0.2) is 11.7 Å². The van der Waals surface area contributed by atoms with Gasteiger partial charge in [0.25, 0.3) is 0 Å². The van der Waals surface area contributed by atoms with Crippen molar-refractivity contribution in [3.8, 4) is 0 Å². The van der Waals surface area contributed by atoms with E-state index in [0.717, 1.165) is 20.0 Å². The number of carbonyl (C=O) groups excluding carboxylic acids is 1. The molecule has 0 bridgehead atoms. The van der Waals surface area contributed by atoms with Gasteiger partial charge in [0, 0.05) is 6.61 Å². The Balaban J connectivity index is 2.60. The number of aliphatic hydroxyl groups excluding tert-OH is 1. The molecule has 4 nitrogen and oxygen atoms in total. The van der Waals surface area contributed by atoms with Gasteiger partial charge in [0.05, 0.1) is 7.11 Å². The Morgan fingerprint density at radius 3 is 1.89 bits per heavy atom. The minimum Gasteiger partial charge on any atom is -0.467 e. The van der Waals surface area contributed by atoms with Crippen LogP contribution in [0, 0.1) is 11.6 Å². The van der Waals surface area contributed by atoms with Crippen molar-refractivity contribution in [1.29, 1.82) is 0 Å². The van der Waals surface area contributed by atoms with Gasteiger partial charge in [-0.05, 0) is 41.8 Å². The monoisotopic (exact) mass is 378 g/mol. The molecule has 1 N–H and O–H groups in total. The minimum atomic E-state index is -1.72. The average molecular weight is 378 g/mol. The van der Waals surface area contributed by atoms with Crippen LogP contribution in [0.4, 0.5) is 8.78 Å². The van der Waals surface area contributed by atoms with Crippen LogP contribution in [0.15, 0.2) is 48.5 Å². The van der Waals surface area contributed by atoms with Gasteiger partial charge < -0.3 is 14.6 Å². The summed E-state index contributed by atoms with van der Waals surface area (Å²) in [6.07, 6.45) is 0.842. The van der Waals surface area contributed by atoms with Crippen LogP contribution in [0.3, 0.4) is 0 Å². The van der Waals surface area contributed by atoms with Crippen molar-refractivity contribution in [2.75, 3.05) is 13.7 Å². The molecule has 0 heterocycles. The predicted molar refractivity (Wildman–Crippen MR) is 97.1 cm³/mol. The van der Waals surface area contributed by atoms with E-state index in [-0.39, 0.29) is 6.61 Å². The molecule has 0 aliphatic rings. The van der Waals surface area contributed by atoms with Crippen LogP contribution in [-0.4, -0.2) is 30.9 Å². The molecule has 0 aromatic heterocycles. The fourth-order valence-electron chi connectivity index (χ4n) is 2.99. The van der Waals surface area contributed by atoms with Crippen molar-refractivity contribution in [3.05, 3.63) is 71.3 Å². The van der Waals surface area contributed by atoms with E-state index in [9.17, 15) is 18.7 Å². The summed E-state index contributed by atoms with van der Waals surface area (Å²) in [6.45, 7) is 2.28. The van der Waals surface area contributed by atoms with Gasteiger partial charge in [0.2, 0.25) is 0 Å². The maximum absolute atomic E-state index is 13.5. The first-order valence-electron chi connectivity index (χ1n) is 8.87. The third-order valence-electron chi connectivity index (χ3n) is 4.43. The molecule has 0 fully saturated rings. The Bertz CT molecular complexity index is 683. The predicted octanol–water partition coefficient (Wildman–Crippen LogP) is 3.95. The van der Waals surface area contributed by atoms with E-state index in [4.69, 9.17) is 9.47 Å². The van der Waals surface area contributed by atoms with Crippen molar-refractivity contribution in [3.63, 3.8) is 0 Å². The third kappa shape index (κ3) is 4.70. The normalized spacial score (nSPS) is 12.6. The fraction of sp³-hybridized carbons (Fsp3) is 0.381. The van der Waals surface area contributed by atoms with E-state index in [1.807, 2.05) is 6.92 Å². The van der Waals surface area contributed by atoms with E-state index < -0.39 is 29.3 Å². The smallest absolute Gasteiger partial charge is 0.338 e. The number of unbranched alkanes of at least 4 members (excludes halogenated alkanes) is 2. The molecule has 0 spiro atoms. The van der Waals surface area contributed by atoms with Gasteiger partial charge in [-0.2, -0.15) is 0 Å². The first kappa shape index (κ1) is 21.0. The Kier molecular flexibility index (Phi) is 7.45. The van der Waals surface area contributed by atoms with Crippen LogP contribution in [0.25, 0.3) is 0 Å². The number of rotatable bonds is 9. The van der Waals surface area contributed by atoms with Gasteiger partial charge in [-0.25, -0.2) is 13.6 Å². The lowest BCUT2D eigenvalue weighted by molar-refractivity contribution is -0.171. The Labute approximate surface area is 157 Å². The van der Waals surface area contributed by atoms with Crippen LogP contribution < -0.4 is 0 Å². The second-order valence-electron chi connectivity index (χ2n) is 6.23. The number of hydrogen-bond acceptors (Lipinski definition) is 4. The van der Waals surface area contributed by atoms with E-state index in [0.29, 0.717) is 17.5 Å².